The average molecular weight is 508 g/mol. The molecular formula is C28H41N5O2Si. The summed E-state index contributed by atoms with van der Waals surface area (Å²) in [6, 6.07) is 10.6. The van der Waals surface area contributed by atoms with Gasteiger partial charge in [-0.05, 0) is 61.2 Å². The summed E-state index contributed by atoms with van der Waals surface area (Å²) in [4.78, 5) is 23.9. The topological polar surface area (TPSA) is 72.3 Å². The van der Waals surface area contributed by atoms with Crippen molar-refractivity contribution in [2.75, 3.05) is 26.0 Å². The number of fused-ring (bicyclic) bond motifs is 1. The summed E-state index contributed by atoms with van der Waals surface area (Å²) in [5, 5.41) is 4.47. The molecule has 1 amide bonds. The van der Waals surface area contributed by atoms with Gasteiger partial charge in [-0.3, -0.25) is 4.79 Å². The van der Waals surface area contributed by atoms with Crippen LogP contribution >= 0.6 is 0 Å². The predicted octanol–water partition coefficient (Wildman–Crippen LogP) is 6.56. The van der Waals surface area contributed by atoms with E-state index in [0.717, 1.165) is 42.6 Å². The van der Waals surface area contributed by atoms with Crippen LogP contribution in [0.4, 0.5) is 11.6 Å². The molecule has 4 rings (SSSR count). The highest BCUT2D eigenvalue weighted by atomic mass is 28.4. The molecule has 3 aromatic rings. The lowest BCUT2D eigenvalue weighted by Gasteiger charge is -2.36. The molecule has 0 unspecified atom stereocenters. The number of aromatic nitrogens is 3. The monoisotopic (exact) mass is 507 g/mol. The van der Waals surface area contributed by atoms with Crippen molar-refractivity contribution in [2.45, 2.75) is 77.0 Å². The molecule has 1 aliphatic rings. The molecule has 0 bridgehead atoms. The molecule has 36 heavy (non-hydrogen) atoms. The number of hydrogen-bond donors (Lipinski definition) is 1. The van der Waals surface area contributed by atoms with Crippen LogP contribution in [0.3, 0.4) is 0 Å². The van der Waals surface area contributed by atoms with Gasteiger partial charge in [0.15, 0.2) is 8.32 Å². The fraction of sp³-hybridized carbons (Fsp3) is 0.536. The highest BCUT2D eigenvalue weighted by molar-refractivity contribution is 6.74. The van der Waals surface area contributed by atoms with Gasteiger partial charge in [0.1, 0.15) is 11.3 Å². The molecule has 2 aromatic heterocycles. The van der Waals surface area contributed by atoms with Crippen molar-refractivity contribution < 1.29 is 9.22 Å². The molecule has 0 atom stereocenters. The van der Waals surface area contributed by atoms with Crippen LogP contribution in [-0.4, -0.2) is 54.4 Å². The summed E-state index contributed by atoms with van der Waals surface area (Å²) in [5.41, 5.74) is 3.70. The average Bonchev–Trinajstić information content (AvgIpc) is 3.46. The Hall–Kier alpha value is -2.71. The van der Waals surface area contributed by atoms with E-state index in [1.54, 1.807) is 19.0 Å². The van der Waals surface area contributed by atoms with Gasteiger partial charge in [0.2, 0.25) is 5.95 Å². The SMILES string of the molecule is CN(C)C(=O)c1cc2cnc(Nc3ccc(CCO[Si](C)(C)C(C)(C)C)cc3)nc2n1C1CCCC1. The Balaban J connectivity index is 1.49. The Kier molecular flexibility index (Phi) is 7.57. The van der Waals surface area contributed by atoms with Gasteiger partial charge in [-0.15, -0.1) is 0 Å². The van der Waals surface area contributed by atoms with Gasteiger partial charge in [-0.1, -0.05) is 45.7 Å². The smallest absolute Gasteiger partial charge is 0.270 e. The molecule has 1 aromatic carbocycles. The van der Waals surface area contributed by atoms with Gasteiger partial charge in [-0.2, -0.15) is 4.98 Å². The first-order valence-corrected chi connectivity index (χ1v) is 16.0. The van der Waals surface area contributed by atoms with E-state index < -0.39 is 8.32 Å². The number of hydrogen-bond acceptors (Lipinski definition) is 5. The molecule has 0 saturated heterocycles. The van der Waals surface area contributed by atoms with Crippen molar-refractivity contribution in [2.24, 2.45) is 0 Å². The van der Waals surface area contributed by atoms with Gasteiger partial charge in [0.05, 0.1) is 0 Å². The summed E-state index contributed by atoms with van der Waals surface area (Å²) < 4.78 is 8.47. The van der Waals surface area contributed by atoms with Gasteiger partial charge >= 0.3 is 0 Å². The third kappa shape index (κ3) is 5.65. The first kappa shape index (κ1) is 26.4. The van der Waals surface area contributed by atoms with Crippen molar-refractivity contribution >= 4 is 36.9 Å². The molecule has 1 fully saturated rings. The minimum absolute atomic E-state index is 0.00234. The Bertz CT molecular complexity index is 1210. The Morgan fingerprint density at radius 3 is 2.44 bits per heavy atom. The van der Waals surface area contributed by atoms with Crippen LogP contribution in [-0.2, 0) is 10.8 Å². The Labute approximate surface area is 216 Å². The molecule has 0 radical (unpaired) electrons. The van der Waals surface area contributed by atoms with Crippen molar-refractivity contribution in [3.05, 3.63) is 47.8 Å². The van der Waals surface area contributed by atoms with Crippen LogP contribution in [0.1, 0.15) is 68.5 Å². The lowest BCUT2D eigenvalue weighted by atomic mass is 10.1. The zero-order chi connectivity index (χ0) is 26.1. The maximum atomic E-state index is 12.9. The maximum Gasteiger partial charge on any atom is 0.270 e. The lowest BCUT2D eigenvalue weighted by molar-refractivity contribution is 0.0815. The van der Waals surface area contributed by atoms with E-state index in [0.29, 0.717) is 17.7 Å². The summed E-state index contributed by atoms with van der Waals surface area (Å²) >= 11 is 0. The quantitative estimate of drug-likeness (QED) is 0.350. The highest BCUT2D eigenvalue weighted by Gasteiger charge is 2.36. The molecule has 1 saturated carbocycles. The van der Waals surface area contributed by atoms with Crippen LogP contribution < -0.4 is 5.32 Å². The van der Waals surface area contributed by atoms with Crippen molar-refractivity contribution in [1.82, 2.24) is 19.4 Å². The standard InChI is InChI=1S/C28H41N5O2Si/c1-28(2,3)36(6,7)35-17-16-20-12-14-22(15-13-20)30-27-29-19-21-18-24(26(34)32(4)5)33(25(21)31-27)23-10-8-9-11-23/h12-15,18-19,23H,8-11,16-17H2,1-7H3,(H,29,30,31). The molecular weight excluding hydrogens is 466 g/mol. The minimum atomic E-state index is -1.72. The predicted molar refractivity (Wildman–Crippen MR) is 150 cm³/mol. The van der Waals surface area contributed by atoms with Crippen LogP contribution in [0.5, 0.6) is 0 Å². The number of amides is 1. The second-order valence-corrected chi connectivity index (χ2v) is 16.5. The number of benzene rings is 1. The fourth-order valence-electron chi connectivity index (χ4n) is 4.52. The lowest BCUT2D eigenvalue weighted by Crippen LogP contribution is -2.41. The van der Waals surface area contributed by atoms with E-state index in [-0.39, 0.29) is 10.9 Å². The maximum absolute atomic E-state index is 12.9. The molecule has 1 N–H and O–H groups in total. The highest BCUT2D eigenvalue weighted by Crippen LogP contribution is 2.37. The van der Waals surface area contributed by atoms with Crippen LogP contribution in [0, 0.1) is 0 Å². The first-order chi connectivity index (χ1) is 17.0. The second kappa shape index (κ2) is 10.3. The van der Waals surface area contributed by atoms with E-state index >= 15 is 0 Å². The number of carbonyl (C=O) groups excluding carboxylic acids is 1. The third-order valence-electron chi connectivity index (χ3n) is 7.76. The fourth-order valence-corrected chi connectivity index (χ4v) is 5.56. The van der Waals surface area contributed by atoms with Crippen molar-refractivity contribution in [1.29, 1.82) is 0 Å². The van der Waals surface area contributed by atoms with Crippen molar-refractivity contribution in [3.63, 3.8) is 0 Å². The van der Waals surface area contributed by atoms with Gasteiger partial charge in [0.25, 0.3) is 5.91 Å². The molecule has 1 aliphatic carbocycles. The largest absolute Gasteiger partial charge is 0.416 e. The van der Waals surface area contributed by atoms with E-state index in [1.165, 1.54) is 18.4 Å². The summed E-state index contributed by atoms with van der Waals surface area (Å²) in [5.74, 6) is 0.542. The van der Waals surface area contributed by atoms with Crippen LogP contribution in [0.25, 0.3) is 11.0 Å². The molecule has 2 heterocycles. The molecule has 8 heteroatoms. The first-order valence-electron chi connectivity index (χ1n) is 13.1. The summed E-state index contributed by atoms with van der Waals surface area (Å²) in [6.07, 6.45) is 7.23. The zero-order valence-electron chi connectivity index (χ0n) is 22.9. The van der Waals surface area contributed by atoms with E-state index in [1.807, 2.05) is 12.3 Å². The van der Waals surface area contributed by atoms with Gasteiger partial charge < -0.3 is 19.2 Å². The Morgan fingerprint density at radius 2 is 1.83 bits per heavy atom. The van der Waals surface area contributed by atoms with E-state index in [2.05, 4.69) is 73.0 Å². The summed E-state index contributed by atoms with van der Waals surface area (Å²) in [7, 11) is 1.86. The molecule has 194 valence electrons. The molecule has 0 aliphatic heterocycles. The number of rotatable bonds is 8. The number of anilines is 2. The summed E-state index contributed by atoms with van der Waals surface area (Å²) in [6.45, 7) is 12.1. The van der Waals surface area contributed by atoms with Gasteiger partial charge in [0, 0.05) is 44.0 Å². The minimum Gasteiger partial charge on any atom is -0.416 e. The zero-order valence-corrected chi connectivity index (χ0v) is 23.9. The van der Waals surface area contributed by atoms with Crippen LogP contribution in [0.15, 0.2) is 36.5 Å². The Morgan fingerprint density at radius 1 is 1.17 bits per heavy atom. The van der Waals surface area contributed by atoms with Crippen LogP contribution in [0.2, 0.25) is 18.1 Å². The molecule has 7 nitrogen and oxygen atoms in total. The normalized spacial score (nSPS) is 15.0. The van der Waals surface area contributed by atoms with Crippen molar-refractivity contribution in [3.8, 4) is 0 Å². The third-order valence-corrected chi connectivity index (χ3v) is 12.3. The van der Waals surface area contributed by atoms with E-state index in [4.69, 9.17) is 9.41 Å². The van der Waals surface area contributed by atoms with E-state index in [9.17, 15) is 4.79 Å². The second-order valence-electron chi connectivity index (χ2n) is 11.7. The molecule has 0 spiro atoms. The van der Waals surface area contributed by atoms with Gasteiger partial charge in [-0.25, -0.2) is 4.98 Å². The number of nitrogens with one attached hydrogen (secondary N) is 1. The number of carbonyl (C=O) groups is 1. The number of nitrogens with zero attached hydrogens (tertiary/aromatic N) is 4.